The van der Waals surface area contributed by atoms with Crippen LogP contribution in [0.2, 0.25) is 0 Å². The molecular weight excluding hydrogens is 380 g/mol. The molecule has 2 saturated heterocycles. The number of carbonyl (C=O) groups excluding carboxylic acids is 1. The number of fused-ring (bicyclic) bond motifs is 1. The van der Waals surface area contributed by atoms with Crippen molar-refractivity contribution in [1.82, 2.24) is 29.9 Å². The molecule has 0 unspecified atom stereocenters. The van der Waals surface area contributed by atoms with Gasteiger partial charge in [-0.05, 0) is 49.6 Å². The van der Waals surface area contributed by atoms with Gasteiger partial charge in [0.2, 0.25) is 5.89 Å². The van der Waals surface area contributed by atoms with E-state index in [2.05, 4.69) is 31.1 Å². The maximum absolute atomic E-state index is 13.1. The Kier molecular flexibility index (Phi) is 4.78. The van der Waals surface area contributed by atoms with Crippen molar-refractivity contribution < 1.29 is 9.32 Å². The van der Waals surface area contributed by atoms with Gasteiger partial charge in [-0.1, -0.05) is 11.2 Å². The van der Waals surface area contributed by atoms with Gasteiger partial charge in [0.05, 0.1) is 11.0 Å². The number of aryl methyl sites for hydroxylation is 1. The Morgan fingerprint density at radius 1 is 1.20 bits per heavy atom. The van der Waals surface area contributed by atoms with E-state index < -0.39 is 0 Å². The van der Waals surface area contributed by atoms with Crippen LogP contribution in [0.15, 0.2) is 53.6 Å². The second-order valence-corrected chi connectivity index (χ2v) is 8.29. The number of rotatable bonds is 4. The predicted molar refractivity (Wildman–Crippen MR) is 108 cm³/mol. The molecule has 30 heavy (non-hydrogen) atoms. The van der Waals surface area contributed by atoms with E-state index in [4.69, 9.17) is 4.52 Å². The maximum atomic E-state index is 13.1. The highest BCUT2D eigenvalue weighted by atomic mass is 16.5. The summed E-state index contributed by atoms with van der Waals surface area (Å²) in [6.45, 7) is 5.63. The molecule has 0 radical (unpaired) electrons. The first-order valence-corrected chi connectivity index (χ1v) is 10.3. The third-order valence-electron chi connectivity index (χ3n) is 6.27. The lowest BCUT2D eigenvalue weighted by Crippen LogP contribution is -2.51. The molecule has 2 aliphatic heterocycles. The molecule has 154 valence electrons. The zero-order valence-corrected chi connectivity index (χ0v) is 16.9. The second-order valence-electron chi connectivity index (χ2n) is 8.29. The van der Waals surface area contributed by atoms with Gasteiger partial charge < -0.3 is 9.42 Å². The molecule has 2 atom stereocenters. The highest BCUT2D eigenvalue weighted by Gasteiger charge is 2.55. The Hall–Kier alpha value is -3.13. The summed E-state index contributed by atoms with van der Waals surface area (Å²) < 4.78 is 5.69. The van der Waals surface area contributed by atoms with Crippen molar-refractivity contribution in [3.63, 3.8) is 0 Å². The number of aromatic nitrogens is 4. The van der Waals surface area contributed by atoms with Crippen molar-refractivity contribution in [2.45, 2.75) is 25.3 Å². The minimum absolute atomic E-state index is 0.00641. The van der Waals surface area contributed by atoms with Crippen molar-refractivity contribution in [2.24, 2.45) is 5.92 Å². The Balaban J connectivity index is 1.44. The van der Waals surface area contributed by atoms with E-state index in [0.29, 0.717) is 30.4 Å². The number of hydrogen-bond donors (Lipinski definition) is 0. The first kappa shape index (κ1) is 18.9. The highest BCUT2D eigenvalue weighted by Crippen LogP contribution is 2.44. The molecular formula is C22H24N6O2. The molecule has 5 heterocycles. The molecule has 0 aliphatic carbocycles. The van der Waals surface area contributed by atoms with Gasteiger partial charge in [0.1, 0.15) is 0 Å². The molecule has 8 heteroatoms. The first-order chi connectivity index (χ1) is 14.6. The van der Waals surface area contributed by atoms with Crippen molar-refractivity contribution in [3.05, 3.63) is 71.9 Å². The summed E-state index contributed by atoms with van der Waals surface area (Å²) in [6, 6.07) is 7.66. The van der Waals surface area contributed by atoms with Gasteiger partial charge in [-0.2, -0.15) is 4.98 Å². The standard InChI is InChI=1S/C22H24N6O2/c1-16-25-21(30-26-16)22-14-27(12-17-4-2-7-23-10-17)9-6-19(22)13-28(15-22)20(29)18-5-3-8-24-11-18/h2-5,7-8,10-11,19H,6,9,12-15H2,1H3/t19-,22-/m0/s1. The third kappa shape index (κ3) is 3.37. The van der Waals surface area contributed by atoms with Gasteiger partial charge >= 0.3 is 0 Å². The number of amides is 1. The molecule has 2 fully saturated rings. The Bertz CT molecular complexity index is 1020. The predicted octanol–water partition coefficient (Wildman–Crippen LogP) is 2.08. The molecule has 0 N–H and O–H groups in total. The van der Waals surface area contributed by atoms with Crippen molar-refractivity contribution in [3.8, 4) is 0 Å². The lowest BCUT2D eigenvalue weighted by atomic mass is 9.73. The van der Waals surface area contributed by atoms with Crippen LogP contribution in [0.4, 0.5) is 0 Å². The topological polar surface area (TPSA) is 88.3 Å². The molecule has 8 nitrogen and oxygen atoms in total. The number of carbonyl (C=O) groups is 1. The van der Waals surface area contributed by atoms with E-state index in [1.54, 1.807) is 24.7 Å². The number of hydrogen-bond acceptors (Lipinski definition) is 7. The summed E-state index contributed by atoms with van der Waals surface area (Å²) in [7, 11) is 0. The van der Waals surface area contributed by atoms with Crippen LogP contribution in [0.3, 0.4) is 0 Å². The highest BCUT2D eigenvalue weighted by molar-refractivity contribution is 5.94. The zero-order chi connectivity index (χ0) is 20.6. The SMILES string of the molecule is Cc1noc([C@]23CN(Cc4cccnc4)CC[C@H]2CN(C(=O)c2cccnc2)C3)n1. The third-order valence-corrected chi connectivity index (χ3v) is 6.27. The van der Waals surface area contributed by atoms with Gasteiger partial charge in [0.25, 0.3) is 5.91 Å². The molecule has 3 aromatic heterocycles. The Labute approximate surface area is 174 Å². The van der Waals surface area contributed by atoms with Gasteiger partial charge in [-0.3, -0.25) is 19.7 Å². The molecule has 3 aromatic rings. The van der Waals surface area contributed by atoms with Crippen LogP contribution in [0.1, 0.15) is 34.1 Å². The van der Waals surface area contributed by atoms with Crippen molar-refractivity contribution >= 4 is 5.91 Å². The minimum Gasteiger partial charge on any atom is -0.339 e. The van der Waals surface area contributed by atoms with E-state index in [9.17, 15) is 4.79 Å². The second kappa shape index (κ2) is 7.60. The number of nitrogens with zero attached hydrogens (tertiary/aromatic N) is 6. The summed E-state index contributed by atoms with van der Waals surface area (Å²) >= 11 is 0. The van der Waals surface area contributed by atoms with Crippen molar-refractivity contribution in [2.75, 3.05) is 26.2 Å². The van der Waals surface area contributed by atoms with Gasteiger partial charge in [-0.25, -0.2) is 0 Å². The molecule has 0 bridgehead atoms. The van der Waals surface area contributed by atoms with Crippen LogP contribution in [0.5, 0.6) is 0 Å². The van der Waals surface area contributed by atoms with E-state index in [1.165, 1.54) is 5.56 Å². The summed E-state index contributed by atoms with van der Waals surface area (Å²) in [5.74, 6) is 1.55. The van der Waals surface area contributed by atoms with Crippen LogP contribution in [-0.4, -0.2) is 62.0 Å². The van der Waals surface area contributed by atoms with Crippen LogP contribution < -0.4 is 0 Å². The smallest absolute Gasteiger partial charge is 0.255 e. The lowest BCUT2D eigenvalue weighted by Gasteiger charge is -2.41. The zero-order valence-electron chi connectivity index (χ0n) is 16.9. The normalized spacial score (nSPS) is 24.0. The summed E-state index contributed by atoms with van der Waals surface area (Å²) in [5, 5.41) is 4.06. The molecule has 2 aliphatic rings. The number of pyridine rings is 2. The molecule has 5 rings (SSSR count). The lowest BCUT2D eigenvalue weighted by molar-refractivity contribution is 0.0756. The van der Waals surface area contributed by atoms with E-state index >= 15 is 0 Å². The molecule has 0 aromatic carbocycles. The van der Waals surface area contributed by atoms with E-state index in [0.717, 1.165) is 26.1 Å². The fourth-order valence-electron chi connectivity index (χ4n) is 4.86. The summed E-state index contributed by atoms with van der Waals surface area (Å²) in [4.78, 5) is 30.4. The molecule has 0 saturated carbocycles. The van der Waals surface area contributed by atoms with Crippen LogP contribution >= 0.6 is 0 Å². The van der Waals surface area contributed by atoms with Crippen molar-refractivity contribution in [1.29, 1.82) is 0 Å². The van der Waals surface area contributed by atoms with Gasteiger partial charge in [-0.15, -0.1) is 0 Å². The average molecular weight is 404 g/mol. The van der Waals surface area contributed by atoms with Crippen LogP contribution in [0, 0.1) is 12.8 Å². The Morgan fingerprint density at radius 2 is 2.03 bits per heavy atom. The fraction of sp³-hybridized carbons (Fsp3) is 0.409. The van der Waals surface area contributed by atoms with Gasteiger partial charge in [0, 0.05) is 51.0 Å². The fourth-order valence-corrected chi connectivity index (χ4v) is 4.86. The molecule has 0 spiro atoms. The summed E-state index contributed by atoms with van der Waals surface area (Å²) in [6.07, 6.45) is 7.97. The van der Waals surface area contributed by atoms with Crippen LogP contribution in [0.25, 0.3) is 0 Å². The number of likely N-dealkylation sites (tertiary alicyclic amines) is 2. The van der Waals surface area contributed by atoms with Crippen LogP contribution in [-0.2, 0) is 12.0 Å². The van der Waals surface area contributed by atoms with Gasteiger partial charge in [0.15, 0.2) is 5.82 Å². The largest absolute Gasteiger partial charge is 0.339 e. The summed E-state index contributed by atoms with van der Waals surface area (Å²) in [5.41, 5.74) is 1.42. The average Bonchev–Trinajstić information content (AvgIpc) is 3.39. The number of piperidine rings is 1. The quantitative estimate of drug-likeness (QED) is 0.658. The maximum Gasteiger partial charge on any atom is 0.255 e. The van der Waals surface area contributed by atoms with E-state index in [1.807, 2.05) is 30.2 Å². The monoisotopic (exact) mass is 404 g/mol. The minimum atomic E-state index is -0.362. The van der Waals surface area contributed by atoms with E-state index in [-0.39, 0.29) is 17.2 Å². The molecule has 1 amide bonds. The Morgan fingerprint density at radius 3 is 2.73 bits per heavy atom. The first-order valence-electron chi connectivity index (χ1n) is 10.3.